The van der Waals surface area contributed by atoms with Gasteiger partial charge in [-0.2, -0.15) is 0 Å². The molecule has 0 radical (unpaired) electrons. The van der Waals surface area contributed by atoms with E-state index in [4.69, 9.17) is 10.5 Å². The Morgan fingerprint density at radius 2 is 1.89 bits per heavy atom. The number of hydrogen-bond donors (Lipinski definition) is 2. The second-order valence-corrected chi connectivity index (χ2v) is 5.85. The minimum Gasteiger partial charge on any atom is -0.385 e. The van der Waals surface area contributed by atoms with Gasteiger partial charge in [-0.1, -0.05) is 15.9 Å². The highest BCUT2D eigenvalue weighted by Crippen LogP contribution is 2.27. The first kappa shape index (κ1) is 15.5. The number of hydrogen-bond acceptors (Lipinski definition) is 3. The van der Waals surface area contributed by atoms with Crippen molar-refractivity contribution in [2.75, 3.05) is 25.6 Å². The number of nitrogens with one attached hydrogen (secondary N) is 1. The standard InChI is InChI=1S/C14H23BrN2O/c1-10-7-12(8-11(2)13(10)15)17-14(3,9-16)5-6-18-4/h7-8,17H,5-6,9,16H2,1-4H3. The smallest absolute Gasteiger partial charge is 0.0489 e. The fourth-order valence-electron chi connectivity index (χ4n) is 1.91. The molecule has 1 aromatic rings. The number of aryl methyl sites for hydroxylation is 2. The summed E-state index contributed by atoms with van der Waals surface area (Å²) < 4.78 is 6.31. The number of ether oxygens (including phenoxy) is 1. The predicted molar refractivity (Wildman–Crippen MR) is 81.2 cm³/mol. The molecule has 0 saturated carbocycles. The van der Waals surface area contributed by atoms with Crippen molar-refractivity contribution in [2.24, 2.45) is 5.73 Å². The second kappa shape index (κ2) is 6.55. The Balaban J connectivity index is 2.88. The largest absolute Gasteiger partial charge is 0.385 e. The molecule has 18 heavy (non-hydrogen) atoms. The third kappa shape index (κ3) is 3.97. The van der Waals surface area contributed by atoms with E-state index in [1.807, 2.05) is 0 Å². The van der Waals surface area contributed by atoms with Gasteiger partial charge in [-0.3, -0.25) is 0 Å². The average Bonchev–Trinajstić information content (AvgIpc) is 2.33. The fourth-order valence-corrected chi connectivity index (χ4v) is 2.14. The van der Waals surface area contributed by atoms with Crippen LogP contribution in [0.4, 0.5) is 5.69 Å². The molecule has 1 atom stereocenters. The maximum atomic E-state index is 5.87. The van der Waals surface area contributed by atoms with Gasteiger partial charge >= 0.3 is 0 Å². The molecule has 3 N–H and O–H groups in total. The third-order valence-corrected chi connectivity index (χ3v) is 4.44. The van der Waals surface area contributed by atoms with Crippen LogP contribution in [0, 0.1) is 13.8 Å². The lowest BCUT2D eigenvalue weighted by atomic mass is 9.97. The molecule has 0 aromatic heterocycles. The summed E-state index contributed by atoms with van der Waals surface area (Å²) >= 11 is 3.58. The summed E-state index contributed by atoms with van der Waals surface area (Å²) in [5.74, 6) is 0. The Kier molecular flexibility index (Phi) is 5.63. The van der Waals surface area contributed by atoms with Crippen LogP contribution in [0.2, 0.25) is 0 Å². The summed E-state index contributed by atoms with van der Waals surface area (Å²) in [7, 11) is 1.71. The van der Waals surface area contributed by atoms with E-state index < -0.39 is 0 Å². The molecule has 4 heteroatoms. The number of anilines is 1. The summed E-state index contributed by atoms with van der Waals surface area (Å²) in [6, 6.07) is 4.27. The Labute approximate surface area is 118 Å². The first-order chi connectivity index (χ1) is 8.41. The lowest BCUT2D eigenvalue weighted by Crippen LogP contribution is -2.43. The molecule has 0 bridgehead atoms. The summed E-state index contributed by atoms with van der Waals surface area (Å²) in [5, 5.41) is 3.52. The van der Waals surface area contributed by atoms with Crippen LogP contribution in [0.3, 0.4) is 0 Å². The van der Waals surface area contributed by atoms with Crippen LogP contribution in [-0.2, 0) is 4.74 Å². The van der Waals surface area contributed by atoms with Crippen LogP contribution in [0.5, 0.6) is 0 Å². The van der Waals surface area contributed by atoms with Crippen molar-refractivity contribution in [3.8, 4) is 0 Å². The van der Waals surface area contributed by atoms with Gasteiger partial charge in [0.1, 0.15) is 0 Å². The number of methoxy groups -OCH3 is 1. The quantitative estimate of drug-likeness (QED) is 0.847. The van der Waals surface area contributed by atoms with E-state index in [0.29, 0.717) is 13.2 Å². The summed E-state index contributed by atoms with van der Waals surface area (Å²) in [4.78, 5) is 0. The molecule has 0 aliphatic rings. The van der Waals surface area contributed by atoms with Crippen molar-refractivity contribution in [3.05, 3.63) is 27.7 Å². The summed E-state index contributed by atoms with van der Waals surface area (Å²) in [5.41, 5.74) is 9.30. The first-order valence-corrected chi connectivity index (χ1v) is 6.95. The van der Waals surface area contributed by atoms with Crippen LogP contribution in [0.1, 0.15) is 24.5 Å². The normalized spacial score (nSPS) is 14.3. The minimum absolute atomic E-state index is 0.136. The molecule has 1 rings (SSSR count). The Bertz CT molecular complexity index is 386. The van der Waals surface area contributed by atoms with Crippen LogP contribution < -0.4 is 11.1 Å². The molecule has 1 aromatic carbocycles. The first-order valence-electron chi connectivity index (χ1n) is 6.16. The van der Waals surface area contributed by atoms with Crippen molar-refractivity contribution < 1.29 is 4.74 Å². The van der Waals surface area contributed by atoms with E-state index in [0.717, 1.165) is 12.1 Å². The molecule has 0 aliphatic carbocycles. The minimum atomic E-state index is -0.136. The van der Waals surface area contributed by atoms with E-state index in [1.165, 1.54) is 15.6 Å². The molecule has 0 heterocycles. The number of benzene rings is 1. The Hall–Kier alpha value is -0.580. The maximum Gasteiger partial charge on any atom is 0.0489 e. The lowest BCUT2D eigenvalue weighted by molar-refractivity contribution is 0.177. The van der Waals surface area contributed by atoms with Crippen molar-refractivity contribution in [1.82, 2.24) is 0 Å². The van der Waals surface area contributed by atoms with Crippen molar-refractivity contribution >= 4 is 21.6 Å². The van der Waals surface area contributed by atoms with Crippen LogP contribution in [0.25, 0.3) is 0 Å². The zero-order valence-electron chi connectivity index (χ0n) is 11.6. The fraction of sp³-hybridized carbons (Fsp3) is 0.571. The van der Waals surface area contributed by atoms with Gasteiger partial charge in [0.2, 0.25) is 0 Å². The van der Waals surface area contributed by atoms with E-state index in [-0.39, 0.29) is 5.54 Å². The van der Waals surface area contributed by atoms with E-state index in [2.05, 4.69) is 54.2 Å². The summed E-state index contributed by atoms with van der Waals surface area (Å²) in [6.07, 6.45) is 0.883. The molecular formula is C14H23BrN2O. The van der Waals surface area contributed by atoms with Gasteiger partial charge in [-0.05, 0) is 50.5 Å². The van der Waals surface area contributed by atoms with Crippen molar-refractivity contribution in [3.63, 3.8) is 0 Å². The Morgan fingerprint density at radius 3 is 2.33 bits per heavy atom. The molecule has 0 saturated heterocycles. The van der Waals surface area contributed by atoms with Crippen LogP contribution in [-0.4, -0.2) is 25.8 Å². The number of rotatable bonds is 6. The van der Waals surface area contributed by atoms with Crippen LogP contribution >= 0.6 is 15.9 Å². The highest BCUT2D eigenvalue weighted by molar-refractivity contribution is 9.10. The zero-order chi connectivity index (χ0) is 13.8. The van der Waals surface area contributed by atoms with Crippen molar-refractivity contribution in [1.29, 1.82) is 0 Å². The maximum absolute atomic E-state index is 5.87. The SMILES string of the molecule is COCCC(C)(CN)Nc1cc(C)c(Br)c(C)c1. The Morgan fingerprint density at radius 1 is 1.33 bits per heavy atom. The number of halogens is 1. The van der Waals surface area contributed by atoms with Gasteiger partial charge in [0.25, 0.3) is 0 Å². The highest BCUT2D eigenvalue weighted by atomic mass is 79.9. The van der Waals surface area contributed by atoms with Gasteiger partial charge < -0.3 is 15.8 Å². The summed E-state index contributed by atoms with van der Waals surface area (Å²) in [6.45, 7) is 7.59. The average molecular weight is 315 g/mol. The molecule has 1 unspecified atom stereocenters. The van der Waals surface area contributed by atoms with Gasteiger partial charge in [-0.15, -0.1) is 0 Å². The topological polar surface area (TPSA) is 47.3 Å². The highest BCUT2D eigenvalue weighted by Gasteiger charge is 2.22. The van der Waals surface area contributed by atoms with Crippen molar-refractivity contribution in [2.45, 2.75) is 32.7 Å². The molecule has 3 nitrogen and oxygen atoms in total. The van der Waals surface area contributed by atoms with E-state index in [9.17, 15) is 0 Å². The lowest BCUT2D eigenvalue weighted by Gasteiger charge is -2.31. The number of nitrogens with two attached hydrogens (primary N) is 1. The molecule has 0 fully saturated rings. The molecule has 0 aliphatic heterocycles. The van der Waals surface area contributed by atoms with Gasteiger partial charge in [0, 0.05) is 36.0 Å². The van der Waals surface area contributed by atoms with Crippen LogP contribution in [0.15, 0.2) is 16.6 Å². The monoisotopic (exact) mass is 314 g/mol. The van der Waals surface area contributed by atoms with Gasteiger partial charge in [-0.25, -0.2) is 0 Å². The molecular weight excluding hydrogens is 292 g/mol. The predicted octanol–water partition coefficient (Wildman–Crippen LogP) is 3.23. The van der Waals surface area contributed by atoms with E-state index >= 15 is 0 Å². The molecule has 0 amide bonds. The molecule has 102 valence electrons. The van der Waals surface area contributed by atoms with Gasteiger partial charge in [0.15, 0.2) is 0 Å². The molecule has 0 spiro atoms. The zero-order valence-corrected chi connectivity index (χ0v) is 13.2. The van der Waals surface area contributed by atoms with E-state index in [1.54, 1.807) is 7.11 Å². The third-order valence-electron chi connectivity index (χ3n) is 3.19. The second-order valence-electron chi connectivity index (χ2n) is 5.06. The van der Waals surface area contributed by atoms with Gasteiger partial charge in [0.05, 0.1) is 0 Å².